The molecule has 2 aromatic carbocycles. The Morgan fingerprint density at radius 2 is 1.47 bits per heavy atom. The van der Waals surface area contributed by atoms with E-state index < -0.39 is 0 Å². The Hall–Kier alpha value is -1.91. The van der Waals surface area contributed by atoms with Crippen LogP contribution >= 0.6 is 0 Å². The van der Waals surface area contributed by atoms with Crippen LogP contribution in [-0.4, -0.2) is 32.1 Å². The van der Waals surface area contributed by atoms with E-state index in [0.717, 1.165) is 37.0 Å². The van der Waals surface area contributed by atoms with E-state index in [1.54, 1.807) is 6.07 Å². The number of amides is 1. The Labute approximate surface area is 113 Å². The number of primary amides is 1. The van der Waals surface area contributed by atoms with Gasteiger partial charge in [-0.3, -0.25) is 4.79 Å². The van der Waals surface area contributed by atoms with Crippen molar-refractivity contribution in [3.63, 3.8) is 0 Å². The zero-order valence-corrected chi connectivity index (χ0v) is 10.9. The Bertz CT molecular complexity index is 533. The smallest absolute Gasteiger partial charge is 0.249 e. The second kappa shape index (κ2) is 6.87. The fourth-order valence-electron chi connectivity index (χ4n) is 2.04. The summed E-state index contributed by atoms with van der Waals surface area (Å²) in [6.45, 7) is 4.56. The summed E-state index contributed by atoms with van der Waals surface area (Å²) >= 11 is 0. The fourth-order valence-corrected chi connectivity index (χ4v) is 2.04. The summed E-state index contributed by atoms with van der Waals surface area (Å²) in [7, 11) is 0. The molecule has 0 saturated carbocycles. The van der Waals surface area contributed by atoms with Crippen LogP contribution in [0.1, 0.15) is 10.4 Å². The van der Waals surface area contributed by atoms with Crippen LogP contribution in [0.25, 0.3) is 10.8 Å². The van der Waals surface area contributed by atoms with E-state index in [4.69, 9.17) is 5.73 Å². The standard InChI is InChI=1S/C11H9NO.C4H10N2/c12-11(13)10-7-3-5-8-4-1-2-6-9(8)10;1-2-6-4-3-5-1/h1-7H,(H2,12,13);5-6H,1-4H2. The Kier molecular flexibility index (Phi) is 4.89. The molecule has 1 saturated heterocycles. The topological polar surface area (TPSA) is 67.2 Å². The van der Waals surface area contributed by atoms with Crippen molar-refractivity contribution in [3.8, 4) is 0 Å². The van der Waals surface area contributed by atoms with E-state index in [1.165, 1.54) is 0 Å². The van der Waals surface area contributed by atoms with Crippen LogP contribution in [-0.2, 0) is 0 Å². The summed E-state index contributed by atoms with van der Waals surface area (Å²) in [4.78, 5) is 11.0. The minimum absolute atomic E-state index is 0.378. The third-order valence-electron chi connectivity index (χ3n) is 3.01. The van der Waals surface area contributed by atoms with Gasteiger partial charge >= 0.3 is 0 Å². The van der Waals surface area contributed by atoms with Crippen molar-refractivity contribution in [2.45, 2.75) is 0 Å². The second-order valence-corrected chi connectivity index (χ2v) is 4.39. The van der Waals surface area contributed by atoms with Crippen LogP contribution in [0, 0.1) is 0 Å². The zero-order valence-electron chi connectivity index (χ0n) is 10.9. The molecule has 19 heavy (non-hydrogen) atoms. The van der Waals surface area contributed by atoms with Crippen LogP contribution in [0.3, 0.4) is 0 Å². The molecule has 1 aliphatic heterocycles. The van der Waals surface area contributed by atoms with E-state index in [1.807, 2.05) is 36.4 Å². The zero-order chi connectivity index (χ0) is 13.5. The number of carbonyl (C=O) groups is 1. The van der Waals surface area contributed by atoms with Crippen LogP contribution in [0.2, 0.25) is 0 Å². The molecule has 0 spiro atoms. The highest BCUT2D eigenvalue weighted by Crippen LogP contribution is 2.17. The van der Waals surface area contributed by atoms with Gasteiger partial charge in [0.2, 0.25) is 5.91 Å². The minimum Gasteiger partial charge on any atom is -0.366 e. The first-order valence-electron chi connectivity index (χ1n) is 6.48. The molecule has 4 N–H and O–H groups in total. The molecular formula is C15H19N3O. The van der Waals surface area contributed by atoms with Gasteiger partial charge in [0.15, 0.2) is 0 Å². The number of hydrogen-bond acceptors (Lipinski definition) is 3. The van der Waals surface area contributed by atoms with E-state index in [0.29, 0.717) is 5.56 Å². The molecule has 0 aliphatic carbocycles. The fraction of sp³-hybridized carbons (Fsp3) is 0.267. The van der Waals surface area contributed by atoms with Gasteiger partial charge in [0.25, 0.3) is 0 Å². The quantitative estimate of drug-likeness (QED) is 0.717. The highest BCUT2D eigenvalue weighted by molar-refractivity contribution is 6.06. The third kappa shape index (κ3) is 3.77. The normalized spacial score (nSPS) is 14.5. The Morgan fingerprint density at radius 3 is 2.05 bits per heavy atom. The van der Waals surface area contributed by atoms with Crippen LogP contribution < -0.4 is 16.4 Å². The average Bonchev–Trinajstić information content (AvgIpc) is 2.49. The first-order valence-corrected chi connectivity index (χ1v) is 6.48. The molecule has 4 nitrogen and oxygen atoms in total. The van der Waals surface area contributed by atoms with E-state index in [-0.39, 0.29) is 5.91 Å². The van der Waals surface area contributed by atoms with Gasteiger partial charge in [-0.2, -0.15) is 0 Å². The molecule has 0 radical (unpaired) electrons. The monoisotopic (exact) mass is 257 g/mol. The molecule has 1 heterocycles. The van der Waals surface area contributed by atoms with Gasteiger partial charge in [-0.05, 0) is 16.8 Å². The largest absolute Gasteiger partial charge is 0.366 e. The van der Waals surface area contributed by atoms with Gasteiger partial charge in [0.05, 0.1) is 0 Å². The summed E-state index contributed by atoms with van der Waals surface area (Å²) in [5, 5.41) is 8.40. The van der Waals surface area contributed by atoms with Gasteiger partial charge in [0, 0.05) is 31.7 Å². The van der Waals surface area contributed by atoms with Crippen molar-refractivity contribution >= 4 is 16.7 Å². The van der Waals surface area contributed by atoms with Gasteiger partial charge in [0.1, 0.15) is 0 Å². The number of carbonyl (C=O) groups excluding carboxylic acids is 1. The lowest BCUT2D eigenvalue weighted by molar-refractivity contribution is 0.100. The lowest BCUT2D eigenvalue weighted by Gasteiger charge is -2.11. The first-order chi connectivity index (χ1) is 9.29. The molecule has 2 aromatic rings. The minimum atomic E-state index is -0.378. The van der Waals surface area contributed by atoms with Crippen molar-refractivity contribution in [1.29, 1.82) is 0 Å². The molecular weight excluding hydrogens is 238 g/mol. The van der Waals surface area contributed by atoms with Gasteiger partial charge < -0.3 is 16.4 Å². The van der Waals surface area contributed by atoms with Crippen LogP contribution in [0.5, 0.6) is 0 Å². The number of piperazine rings is 1. The summed E-state index contributed by atoms with van der Waals surface area (Å²) < 4.78 is 0. The molecule has 0 aromatic heterocycles. The lowest BCUT2D eigenvalue weighted by Crippen LogP contribution is -2.39. The maximum atomic E-state index is 11.0. The number of nitrogens with one attached hydrogen (secondary N) is 2. The lowest BCUT2D eigenvalue weighted by atomic mass is 10.0. The van der Waals surface area contributed by atoms with Crippen molar-refractivity contribution in [2.75, 3.05) is 26.2 Å². The highest BCUT2D eigenvalue weighted by atomic mass is 16.1. The Balaban J connectivity index is 0.000000186. The van der Waals surface area contributed by atoms with Crippen molar-refractivity contribution in [3.05, 3.63) is 48.0 Å². The highest BCUT2D eigenvalue weighted by Gasteiger charge is 2.03. The first kappa shape index (κ1) is 13.5. The molecule has 1 amide bonds. The van der Waals surface area contributed by atoms with Gasteiger partial charge in [-0.1, -0.05) is 36.4 Å². The number of nitrogens with two attached hydrogens (primary N) is 1. The molecule has 3 rings (SSSR count). The van der Waals surface area contributed by atoms with Crippen LogP contribution in [0.4, 0.5) is 0 Å². The number of fused-ring (bicyclic) bond motifs is 1. The maximum absolute atomic E-state index is 11.0. The molecule has 1 aliphatic rings. The number of benzene rings is 2. The summed E-state index contributed by atoms with van der Waals surface area (Å²) in [5.74, 6) is -0.378. The second-order valence-electron chi connectivity index (χ2n) is 4.39. The van der Waals surface area contributed by atoms with E-state index in [2.05, 4.69) is 10.6 Å². The molecule has 100 valence electrons. The molecule has 4 heteroatoms. The predicted molar refractivity (Wildman–Crippen MR) is 78.2 cm³/mol. The molecule has 1 fully saturated rings. The van der Waals surface area contributed by atoms with Gasteiger partial charge in [-0.15, -0.1) is 0 Å². The Morgan fingerprint density at radius 1 is 0.895 bits per heavy atom. The number of hydrogen-bond donors (Lipinski definition) is 3. The van der Waals surface area contributed by atoms with Crippen molar-refractivity contribution < 1.29 is 4.79 Å². The van der Waals surface area contributed by atoms with Crippen LogP contribution in [0.15, 0.2) is 42.5 Å². The molecule has 0 bridgehead atoms. The van der Waals surface area contributed by atoms with Crippen molar-refractivity contribution in [2.24, 2.45) is 5.73 Å². The predicted octanol–water partition coefficient (Wildman–Crippen LogP) is 1.12. The summed E-state index contributed by atoms with van der Waals surface area (Å²) in [6, 6.07) is 13.2. The maximum Gasteiger partial charge on any atom is 0.249 e. The van der Waals surface area contributed by atoms with Crippen molar-refractivity contribution in [1.82, 2.24) is 10.6 Å². The third-order valence-corrected chi connectivity index (χ3v) is 3.01. The SMILES string of the molecule is C1CNCCN1.NC(=O)c1cccc2ccccc12. The summed E-state index contributed by atoms with van der Waals surface area (Å²) in [6.07, 6.45) is 0. The number of rotatable bonds is 1. The molecule has 0 atom stereocenters. The van der Waals surface area contributed by atoms with E-state index >= 15 is 0 Å². The summed E-state index contributed by atoms with van der Waals surface area (Å²) in [5.41, 5.74) is 5.82. The van der Waals surface area contributed by atoms with E-state index in [9.17, 15) is 4.79 Å². The molecule has 0 unspecified atom stereocenters. The van der Waals surface area contributed by atoms with Gasteiger partial charge in [-0.25, -0.2) is 0 Å². The average molecular weight is 257 g/mol.